The molecule has 2 fully saturated rings. The molecular formula is C19H28O4. The van der Waals surface area contributed by atoms with Crippen molar-refractivity contribution < 1.29 is 18.9 Å². The lowest BCUT2D eigenvalue weighted by Crippen LogP contribution is -2.54. The molecule has 0 bridgehead atoms. The molecule has 0 saturated carbocycles. The molecule has 2 heterocycles. The third-order valence-electron chi connectivity index (χ3n) is 5.60. The molecule has 1 spiro atoms. The van der Waals surface area contributed by atoms with Gasteiger partial charge >= 0.3 is 0 Å². The summed E-state index contributed by atoms with van der Waals surface area (Å²) in [7, 11) is 0. The Kier molecular flexibility index (Phi) is 4.86. The normalized spacial score (nSPS) is 44.5. The van der Waals surface area contributed by atoms with Crippen molar-refractivity contribution in [2.24, 2.45) is 17.3 Å². The predicted octanol–water partition coefficient (Wildman–Crippen LogP) is 3.43. The molecule has 0 aromatic carbocycles. The van der Waals surface area contributed by atoms with E-state index >= 15 is 0 Å². The fraction of sp³-hybridized carbons (Fsp3) is 0.789. The highest BCUT2D eigenvalue weighted by molar-refractivity contribution is 4.94. The van der Waals surface area contributed by atoms with Crippen LogP contribution in [-0.4, -0.2) is 39.0 Å². The van der Waals surface area contributed by atoms with Crippen LogP contribution in [-0.2, 0) is 18.9 Å². The van der Waals surface area contributed by atoms with Crippen LogP contribution >= 0.6 is 0 Å². The molecule has 0 amide bonds. The van der Waals surface area contributed by atoms with Gasteiger partial charge in [0.2, 0.25) is 0 Å². The topological polar surface area (TPSA) is 36.9 Å². The van der Waals surface area contributed by atoms with Gasteiger partial charge in [-0.1, -0.05) is 24.3 Å². The summed E-state index contributed by atoms with van der Waals surface area (Å²) in [5, 5.41) is 0. The van der Waals surface area contributed by atoms with Gasteiger partial charge in [0.05, 0.1) is 31.8 Å². The molecule has 0 radical (unpaired) electrons. The number of hydrogen-bond acceptors (Lipinski definition) is 4. The van der Waals surface area contributed by atoms with Gasteiger partial charge in [-0.3, -0.25) is 0 Å². The van der Waals surface area contributed by atoms with Crippen molar-refractivity contribution in [3.8, 4) is 0 Å². The first-order valence-electron chi connectivity index (χ1n) is 9.11. The Labute approximate surface area is 138 Å². The Hall–Kier alpha value is -0.680. The van der Waals surface area contributed by atoms with E-state index in [9.17, 15) is 0 Å². The summed E-state index contributed by atoms with van der Waals surface area (Å²) < 4.78 is 24.3. The third-order valence-corrected chi connectivity index (χ3v) is 5.60. The molecule has 2 atom stereocenters. The number of rotatable bonds is 2. The summed E-state index contributed by atoms with van der Waals surface area (Å²) in [6.45, 7) is 2.76. The summed E-state index contributed by atoms with van der Waals surface area (Å²) in [5.74, 6) is 1.01. The molecule has 0 N–H and O–H groups in total. The molecule has 128 valence electrons. The highest BCUT2D eigenvalue weighted by Crippen LogP contribution is 2.37. The first-order valence-corrected chi connectivity index (χ1v) is 9.11. The van der Waals surface area contributed by atoms with Gasteiger partial charge in [-0.05, 0) is 38.5 Å². The quantitative estimate of drug-likeness (QED) is 0.731. The Morgan fingerprint density at radius 2 is 1.04 bits per heavy atom. The predicted molar refractivity (Wildman–Crippen MR) is 86.8 cm³/mol. The van der Waals surface area contributed by atoms with Crippen LogP contribution in [0.2, 0.25) is 0 Å². The van der Waals surface area contributed by atoms with Crippen LogP contribution in [0.15, 0.2) is 24.3 Å². The summed E-state index contributed by atoms with van der Waals surface area (Å²) in [6.07, 6.45) is 15.7. The van der Waals surface area contributed by atoms with E-state index in [1.54, 1.807) is 0 Å². The molecule has 4 aliphatic rings. The van der Waals surface area contributed by atoms with E-state index in [4.69, 9.17) is 18.9 Å². The summed E-state index contributed by atoms with van der Waals surface area (Å²) >= 11 is 0. The number of allylic oxidation sites excluding steroid dienone is 4. The summed E-state index contributed by atoms with van der Waals surface area (Å²) in [6, 6.07) is 0. The van der Waals surface area contributed by atoms with E-state index in [-0.39, 0.29) is 18.0 Å². The molecule has 0 aromatic heterocycles. The highest BCUT2D eigenvalue weighted by Gasteiger charge is 2.44. The van der Waals surface area contributed by atoms with Crippen LogP contribution in [0.3, 0.4) is 0 Å². The van der Waals surface area contributed by atoms with Gasteiger partial charge in [0.1, 0.15) is 0 Å². The van der Waals surface area contributed by atoms with Crippen LogP contribution in [0.4, 0.5) is 0 Å². The number of hydrogen-bond donors (Lipinski definition) is 0. The monoisotopic (exact) mass is 320 g/mol. The second kappa shape index (κ2) is 7.06. The first-order chi connectivity index (χ1) is 11.3. The van der Waals surface area contributed by atoms with Crippen molar-refractivity contribution in [1.29, 1.82) is 0 Å². The SMILES string of the molecule is C1=CCC(C2OCC3(CO2)COC(C2CC=CCC2)OC3)CC1. The number of ether oxygens (including phenoxy) is 4. The second-order valence-corrected chi connectivity index (χ2v) is 7.57. The minimum atomic E-state index is -0.109. The van der Waals surface area contributed by atoms with Crippen molar-refractivity contribution >= 4 is 0 Å². The van der Waals surface area contributed by atoms with E-state index in [0.29, 0.717) is 38.3 Å². The Balaban J connectivity index is 1.27. The van der Waals surface area contributed by atoms with Gasteiger partial charge in [0.25, 0.3) is 0 Å². The Bertz CT molecular complexity index is 397. The van der Waals surface area contributed by atoms with Gasteiger partial charge < -0.3 is 18.9 Å². The van der Waals surface area contributed by atoms with E-state index in [1.165, 1.54) is 12.8 Å². The Morgan fingerprint density at radius 3 is 1.39 bits per heavy atom. The zero-order valence-corrected chi connectivity index (χ0v) is 13.8. The zero-order valence-electron chi connectivity index (χ0n) is 13.8. The summed E-state index contributed by atoms with van der Waals surface area (Å²) in [5.41, 5.74) is -0.109. The second-order valence-electron chi connectivity index (χ2n) is 7.57. The lowest BCUT2D eigenvalue weighted by molar-refractivity contribution is -0.319. The first kappa shape index (κ1) is 15.8. The molecule has 2 saturated heterocycles. The fourth-order valence-corrected chi connectivity index (χ4v) is 4.05. The molecule has 4 heteroatoms. The van der Waals surface area contributed by atoms with Crippen LogP contribution in [0.1, 0.15) is 38.5 Å². The van der Waals surface area contributed by atoms with Crippen LogP contribution in [0, 0.1) is 17.3 Å². The average molecular weight is 320 g/mol. The van der Waals surface area contributed by atoms with Gasteiger partial charge in [-0.2, -0.15) is 0 Å². The van der Waals surface area contributed by atoms with E-state index in [1.807, 2.05) is 0 Å². The lowest BCUT2D eigenvalue weighted by atomic mass is 9.87. The molecule has 23 heavy (non-hydrogen) atoms. The van der Waals surface area contributed by atoms with Gasteiger partial charge in [-0.25, -0.2) is 0 Å². The fourth-order valence-electron chi connectivity index (χ4n) is 4.05. The largest absolute Gasteiger partial charge is 0.352 e. The molecule has 4 nitrogen and oxygen atoms in total. The van der Waals surface area contributed by atoms with E-state index in [0.717, 1.165) is 25.7 Å². The van der Waals surface area contributed by atoms with Crippen molar-refractivity contribution in [3.63, 3.8) is 0 Å². The zero-order chi connectivity index (χ0) is 15.5. The van der Waals surface area contributed by atoms with Crippen LogP contribution in [0.5, 0.6) is 0 Å². The molecular weight excluding hydrogens is 292 g/mol. The highest BCUT2D eigenvalue weighted by atomic mass is 16.7. The van der Waals surface area contributed by atoms with E-state index in [2.05, 4.69) is 24.3 Å². The smallest absolute Gasteiger partial charge is 0.160 e. The van der Waals surface area contributed by atoms with Gasteiger partial charge in [0.15, 0.2) is 12.6 Å². The molecule has 2 unspecified atom stereocenters. The van der Waals surface area contributed by atoms with Crippen molar-refractivity contribution in [3.05, 3.63) is 24.3 Å². The van der Waals surface area contributed by atoms with Crippen LogP contribution < -0.4 is 0 Å². The Morgan fingerprint density at radius 1 is 0.609 bits per heavy atom. The minimum Gasteiger partial charge on any atom is -0.352 e. The molecule has 4 rings (SSSR count). The standard InChI is InChI=1S/C19H28O4/c1-3-7-15(8-4-1)17-20-11-19(12-21-17)13-22-18(23-14-19)16-9-5-2-6-10-16/h1-3,5,15-18H,4,6-14H2. The average Bonchev–Trinajstić information content (AvgIpc) is 2.65. The lowest BCUT2D eigenvalue weighted by Gasteiger charge is -2.46. The maximum Gasteiger partial charge on any atom is 0.160 e. The van der Waals surface area contributed by atoms with Crippen LogP contribution in [0.25, 0.3) is 0 Å². The molecule has 2 aliphatic heterocycles. The van der Waals surface area contributed by atoms with Gasteiger partial charge in [0, 0.05) is 11.8 Å². The van der Waals surface area contributed by atoms with Crippen molar-refractivity contribution in [1.82, 2.24) is 0 Å². The van der Waals surface area contributed by atoms with Crippen molar-refractivity contribution in [2.75, 3.05) is 26.4 Å². The van der Waals surface area contributed by atoms with E-state index < -0.39 is 0 Å². The van der Waals surface area contributed by atoms with Gasteiger partial charge in [-0.15, -0.1) is 0 Å². The van der Waals surface area contributed by atoms with Crippen molar-refractivity contribution in [2.45, 2.75) is 51.1 Å². The summed E-state index contributed by atoms with van der Waals surface area (Å²) in [4.78, 5) is 0. The third kappa shape index (κ3) is 3.55. The minimum absolute atomic E-state index is 0.0493. The maximum atomic E-state index is 6.06. The molecule has 0 aromatic rings. The maximum absolute atomic E-state index is 6.06. The molecule has 2 aliphatic carbocycles.